The molecule has 1 saturated heterocycles. The number of fused-ring (bicyclic) bond motifs is 1. The molecule has 0 aromatic heterocycles. The van der Waals surface area contributed by atoms with Crippen LogP contribution in [0, 0.1) is 5.92 Å². The van der Waals surface area contributed by atoms with E-state index in [-0.39, 0.29) is 11.8 Å². The average molecular weight is 326 g/mol. The zero-order valence-corrected chi connectivity index (χ0v) is 13.6. The van der Waals surface area contributed by atoms with Gasteiger partial charge in [-0.2, -0.15) is 0 Å². The first-order valence-corrected chi connectivity index (χ1v) is 8.62. The van der Waals surface area contributed by atoms with E-state index in [0.29, 0.717) is 22.5 Å². The highest BCUT2D eigenvalue weighted by Gasteiger charge is 2.34. The van der Waals surface area contributed by atoms with Gasteiger partial charge in [-0.15, -0.1) is 0 Å². The molecule has 114 valence electrons. The molecule has 0 amide bonds. The molecule has 1 saturated carbocycles. The van der Waals surface area contributed by atoms with Crippen molar-refractivity contribution in [2.75, 3.05) is 0 Å². The summed E-state index contributed by atoms with van der Waals surface area (Å²) in [5, 5.41) is 4.62. The highest BCUT2D eigenvalue weighted by molar-refractivity contribution is 6.42. The molecule has 4 heteroatoms. The van der Waals surface area contributed by atoms with Crippen molar-refractivity contribution in [2.45, 2.75) is 57.0 Å². The number of nitrogens with one attached hydrogen (secondary N) is 1. The van der Waals surface area contributed by atoms with Gasteiger partial charge in [0.05, 0.1) is 16.1 Å². The van der Waals surface area contributed by atoms with Crippen LogP contribution in [-0.2, 0) is 11.2 Å². The molecule has 21 heavy (non-hydrogen) atoms. The predicted molar refractivity (Wildman–Crippen MR) is 87.1 cm³/mol. The minimum atomic E-state index is -0.0144. The summed E-state index contributed by atoms with van der Waals surface area (Å²) in [5.41, 5.74) is 0.835. The van der Waals surface area contributed by atoms with Crippen LogP contribution in [0.25, 0.3) is 0 Å². The van der Waals surface area contributed by atoms with Crippen LogP contribution in [0.1, 0.15) is 44.1 Å². The summed E-state index contributed by atoms with van der Waals surface area (Å²) in [4.78, 5) is 12.5. The van der Waals surface area contributed by atoms with Crippen LogP contribution in [0.2, 0.25) is 10.0 Å². The Morgan fingerprint density at radius 3 is 2.81 bits per heavy atom. The fourth-order valence-corrected chi connectivity index (χ4v) is 4.13. The molecule has 2 aliphatic rings. The van der Waals surface area contributed by atoms with Gasteiger partial charge in [-0.3, -0.25) is 4.79 Å². The van der Waals surface area contributed by atoms with Crippen molar-refractivity contribution in [3.8, 4) is 0 Å². The standard InChI is InChI=1S/C17H21Cl2NO/c18-13-6-3-5-12(17(13)19)10-16(21)15-9-8-11-4-1-2-7-14(11)20-15/h3,5-6,11,14-15,20H,1-2,4,7-10H2. The second-order valence-electron chi connectivity index (χ2n) is 6.30. The number of piperidine rings is 1. The van der Waals surface area contributed by atoms with Gasteiger partial charge < -0.3 is 5.32 Å². The summed E-state index contributed by atoms with van der Waals surface area (Å²) in [5.74, 6) is 1.01. The van der Waals surface area contributed by atoms with Gasteiger partial charge in [0.2, 0.25) is 0 Å². The lowest BCUT2D eigenvalue weighted by molar-refractivity contribution is -0.121. The Balaban J connectivity index is 1.64. The van der Waals surface area contributed by atoms with Crippen LogP contribution in [0.15, 0.2) is 18.2 Å². The summed E-state index contributed by atoms with van der Waals surface area (Å²) >= 11 is 12.2. The molecule has 1 aromatic rings. The van der Waals surface area contributed by atoms with Crippen molar-refractivity contribution in [3.63, 3.8) is 0 Å². The van der Waals surface area contributed by atoms with Crippen LogP contribution in [0.4, 0.5) is 0 Å². The van der Waals surface area contributed by atoms with Gasteiger partial charge >= 0.3 is 0 Å². The number of Topliss-reactive ketones (excluding diaryl/α,β-unsaturated/α-hetero) is 1. The SMILES string of the molecule is O=C(Cc1cccc(Cl)c1Cl)C1CCC2CCCCC2N1. The number of rotatable bonds is 3. The third-order valence-electron chi connectivity index (χ3n) is 4.94. The second kappa shape index (κ2) is 6.68. The van der Waals surface area contributed by atoms with E-state index in [1.807, 2.05) is 12.1 Å². The van der Waals surface area contributed by atoms with Gasteiger partial charge in [-0.25, -0.2) is 0 Å². The quantitative estimate of drug-likeness (QED) is 0.891. The van der Waals surface area contributed by atoms with Crippen LogP contribution in [-0.4, -0.2) is 17.9 Å². The van der Waals surface area contributed by atoms with Crippen LogP contribution < -0.4 is 5.32 Å². The summed E-state index contributed by atoms with van der Waals surface area (Å²) < 4.78 is 0. The van der Waals surface area contributed by atoms with Gasteiger partial charge in [0.15, 0.2) is 5.78 Å². The first-order valence-electron chi connectivity index (χ1n) is 7.87. The highest BCUT2D eigenvalue weighted by Crippen LogP contribution is 2.33. The van der Waals surface area contributed by atoms with E-state index in [1.54, 1.807) is 6.07 Å². The summed E-state index contributed by atoms with van der Waals surface area (Å²) in [6, 6.07) is 6.01. The molecule has 1 aliphatic carbocycles. The van der Waals surface area contributed by atoms with E-state index < -0.39 is 0 Å². The molecule has 1 aromatic carbocycles. The van der Waals surface area contributed by atoms with Crippen molar-refractivity contribution in [1.29, 1.82) is 0 Å². The molecule has 3 rings (SSSR count). The third kappa shape index (κ3) is 3.44. The third-order valence-corrected chi connectivity index (χ3v) is 5.79. The molecular formula is C17H21Cl2NO. The maximum atomic E-state index is 12.5. The van der Waals surface area contributed by atoms with E-state index in [2.05, 4.69) is 5.32 Å². The molecular weight excluding hydrogens is 305 g/mol. The molecule has 0 radical (unpaired) electrons. The summed E-state index contributed by atoms with van der Waals surface area (Å²) in [6.07, 6.45) is 7.67. The van der Waals surface area contributed by atoms with Crippen molar-refractivity contribution in [3.05, 3.63) is 33.8 Å². The lowest BCUT2D eigenvalue weighted by atomic mass is 9.77. The Morgan fingerprint density at radius 2 is 1.95 bits per heavy atom. The van der Waals surface area contributed by atoms with E-state index in [4.69, 9.17) is 23.2 Å². The van der Waals surface area contributed by atoms with Crippen LogP contribution >= 0.6 is 23.2 Å². The van der Waals surface area contributed by atoms with Gasteiger partial charge in [0, 0.05) is 12.5 Å². The average Bonchev–Trinajstić information content (AvgIpc) is 2.51. The van der Waals surface area contributed by atoms with Crippen molar-refractivity contribution in [2.24, 2.45) is 5.92 Å². The molecule has 0 spiro atoms. The minimum absolute atomic E-state index is 0.0144. The molecule has 2 fully saturated rings. The maximum absolute atomic E-state index is 12.5. The maximum Gasteiger partial charge on any atom is 0.154 e. The Kier molecular flexibility index (Phi) is 4.88. The zero-order chi connectivity index (χ0) is 14.8. The van der Waals surface area contributed by atoms with E-state index >= 15 is 0 Å². The Bertz CT molecular complexity index is 532. The fourth-order valence-electron chi connectivity index (χ4n) is 3.74. The molecule has 1 heterocycles. The van der Waals surface area contributed by atoms with Crippen molar-refractivity contribution >= 4 is 29.0 Å². The number of benzene rings is 1. The molecule has 0 bridgehead atoms. The summed E-state index contributed by atoms with van der Waals surface area (Å²) in [7, 11) is 0. The number of halogens is 2. The van der Waals surface area contributed by atoms with Crippen molar-refractivity contribution in [1.82, 2.24) is 5.32 Å². The topological polar surface area (TPSA) is 29.1 Å². The Labute approximate surface area is 136 Å². The van der Waals surface area contributed by atoms with Gasteiger partial charge in [0.25, 0.3) is 0 Å². The van der Waals surface area contributed by atoms with Gasteiger partial charge in [0.1, 0.15) is 0 Å². The second-order valence-corrected chi connectivity index (χ2v) is 7.09. The van der Waals surface area contributed by atoms with Gasteiger partial charge in [-0.1, -0.05) is 48.2 Å². The number of hydrogen-bond acceptors (Lipinski definition) is 2. The number of ketones is 1. The van der Waals surface area contributed by atoms with Crippen LogP contribution in [0.5, 0.6) is 0 Å². The number of hydrogen-bond donors (Lipinski definition) is 1. The highest BCUT2D eigenvalue weighted by atomic mass is 35.5. The predicted octanol–water partition coefficient (Wildman–Crippen LogP) is 4.42. The molecule has 3 atom stereocenters. The lowest BCUT2D eigenvalue weighted by Crippen LogP contribution is -2.52. The summed E-state index contributed by atoms with van der Waals surface area (Å²) in [6.45, 7) is 0. The van der Waals surface area contributed by atoms with Crippen LogP contribution in [0.3, 0.4) is 0 Å². The monoisotopic (exact) mass is 325 g/mol. The number of carbonyl (C=O) groups excluding carboxylic acids is 1. The number of carbonyl (C=O) groups is 1. The molecule has 3 unspecified atom stereocenters. The van der Waals surface area contributed by atoms with E-state index in [0.717, 1.165) is 17.9 Å². The molecule has 1 N–H and O–H groups in total. The Hall–Kier alpha value is -0.570. The first kappa shape index (κ1) is 15.3. The fraction of sp³-hybridized carbons (Fsp3) is 0.588. The normalized spacial score (nSPS) is 29.0. The van der Waals surface area contributed by atoms with E-state index in [9.17, 15) is 4.79 Å². The van der Waals surface area contributed by atoms with E-state index in [1.165, 1.54) is 32.1 Å². The smallest absolute Gasteiger partial charge is 0.154 e. The lowest BCUT2D eigenvalue weighted by Gasteiger charge is -2.40. The minimum Gasteiger partial charge on any atom is -0.304 e. The zero-order valence-electron chi connectivity index (χ0n) is 12.1. The Morgan fingerprint density at radius 1 is 1.14 bits per heavy atom. The molecule has 1 aliphatic heterocycles. The first-order chi connectivity index (χ1) is 10.1. The van der Waals surface area contributed by atoms with Crippen molar-refractivity contribution < 1.29 is 4.79 Å². The molecule has 2 nitrogen and oxygen atoms in total. The van der Waals surface area contributed by atoms with Gasteiger partial charge in [-0.05, 0) is 43.2 Å². The largest absolute Gasteiger partial charge is 0.304 e.